The third-order valence-corrected chi connectivity index (χ3v) is 3.70. The van der Waals surface area contributed by atoms with E-state index < -0.39 is 0 Å². The van der Waals surface area contributed by atoms with Crippen molar-refractivity contribution < 1.29 is 4.74 Å². The number of rotatable bonds is 3. The lowest BCUT2D eigenvalue weighted by atomic mass is 9.87. The Morgan fingerprint density at radius 3 is 2.50 bits per heavy atom. The van der Waals surface area contributed by atoms with E-state index >= 15 is 0 Å². The predicted molar refractivity (Wildman–Crippen MR) is 58.4 cm³/mol. The van der Waals surface area contributed by atoms with Gasteiger partial charge in [0.25, 0.3) is 0 Å². The van der Waals surface area contributed by atoms with Gasteiger partial charge in [0, 0.05) is 13.2 Å². The summed E-state index contributed by atoms with van der Waals surface area (Å²) in [6.45, 7) is 4.52. The largest absolute Gasteiger partial charge is 0.381 e. The second kappa shape index (κ2) is 5.72. The highest BCUT2D eigenvalue weighted by Gasteiger charge is 2.17. The molecule has 0 spiro atoms. The topological polar surface area (TPSA) is 21.3 Å². The van der Waals surface area contributed by atoms with Crippen LogP contribution in [0.5, 0.6) is 0 Å². The van der Waals surface area contributed by atoms with Crippen LogP contribution in [0.4, 0.5) is 0 Å². The van der Waals surface area contributed by atoms with E-state index in [4.69, 9.17) is 4.74 Å². The monoisotopic (exact) mass is 197 g/mol. The second-order valence-electron chi connectivity index (χ2n) is 4.85. The highest BCUT2D eigenvalue weighted by Crippen LogP contribution is 2.24. The van der Waals surface area contributed by atoms with E-state index in [0.29, 0.717) is 0 Å². The number of hydrogen-bond donors (Lipinski definition) is 1. The third kappa shape index (κ3) is 3.25. The van der Waals surface area contributed by atoms with E-state index in [2.05, 4.69) is 5.32 Å². The number of piperidine rings is 1. The molecule has 2 rings (SSSR count). The van der Waals surface area contributed by atoms with Gasteiger partial charge in [-0.3, -0.25) is 0 Å². The Bertz CT molecular complexity index is 130. The van der Waals surface area contributed by atoms with Gasteiger partial charge in [-0.1, -0.05) is 6.42 Å². The van der Waals surface area contributed by atoms with Crippen LogP contribution >= 0.6 is 0 Å². The molecule has 2 heteroatoms. The van der Waals surface area contributed by atoms with Crippen LogP contribution in [0.1, 0.15) is 38.5 Å². The predicted octanol–water partition coefficient (Wildman–Crippen LogP) is 2.19. The minimum Gasteiger partial charge on any atom is -0.381 e. The summed E-state index contributed by atoms with van der Waals surface area (Å²) >= 11 is 0. The van der Waals surface area contributed by atoms with Gasteiger partial charge in [0.2, 0.25) is 0 Å². The SMILES string of the molecule is C1COCC(CCC2CCNCC2)C1. The molecule has 14 heavy (non-hydrogen) atoms. The molecular weight excluding hydrogens is 174 g/mol. The normalized spacial score (nSPS) is 30.4. The summed E-state index contributed by atoms with van der Waals surface area (Å²) in [4.78, 5) is 0. The molecule has 2 fully saturated rings. The molecule has 0 aromatic carbocycles. The molecule has 1 N–H and O–H groups in total. The van der Waals surface area contributed by atoms with E-state index in [1.807, 2.05) is 0 Å². The average molecular weight is 197 g/mol. The highest BCUT2D eigenvalue weighted by atomic mass is 16.5. The van der Waals surface area contributed by atoms with Crippen LogP contribution in [0, 0.1) is 11.8 Å². The van der Waals surface area contributed by atoms with Gasteiger partial charge in [0.15, 0.2) is 0 Å². The van der Waals surface area contributed by atoms with Gasteiger partial charge in [-0.15, -0.1) is 0 Å². The van der Waals surface area contributed by atoms with Crippen LogP contribution in [0.2, 0.25) is 0 Å². The molecule has 0 amide bonds. The lowest BCUT2D eigenvalue weighted by Crippen LogP contribution is -2.28. The lowest BCUT2D eigenvalue weighted by molar-refractivity contribution is 0.0486. The van der Waals surface area contributed by atoms with Crippen molar-refractivity contribution in [1.29, 1.82) is 0 Å². The van der Waals surface area contributed by atoms with Crippen molar-refractivity contribution in [2.75, 3.05) is 26.3 Å². The van der Waals surface area contributed by atoms with Gasteiger partial charge in [-0.25, -0.2) is 0 Å². The Morgan fingerprint density at radius 1 is 1.00 bits per heavy atom. The first-order valence-electron chi connectivity index (χ1n) is 6.23. The third-order valence-electron chi connectivity index (χ3n) is 3.70. The zero-order valence-electron chi connectivity index (χ0n) is 9.13. The van der Waals surface area contributed by atoms with E-state index in [0.717, 1.165) is 25.0 Å². The number of hydrogen-bond acceptors (Lipinski definition) is 2. The molecule has 2 aliphatic rings. The standard InChI is InChI=1S/C12H23NO/c1-2-12(10-14-9-1)4-3-11-5-7-13-8-6-11/h11-13H,1-10H2. The van der Waals surface area contributed by atoms with Gasteiger partial charge >= 0.3 is 0 Å². The fraction of sp³-hybridized carbons (Fsp3) is 1.00. The maximum absolute atomic E-state index is 5.51. The van der Waals surface area contributed by atoms with E-state index in [9.17, 15) is 0 Å². The Hall–Kier alpha value is -0.0800. The average Bonchev–Trinajstić information content (AvgIpc) is 2.29. The molecule has 0 bridgehead atoms. The maximum Gasteiger partial charge on any atom is 0.0494 e. The minimum absolute atomic E-state index is 0.874. The van der Waals surface area contributed by atoms with Gasteiger partial charge in [0.05, 0.1) is 0 Å². The molecule has 1 atom stereocenters. The Kier molecular flexibility index (Phi) is 4.26. The first-order valence-corrected chi connectivity index (χ1v) is 6.23. The Balaban J connectivity index is 1.60. The molecule has 0 aromatic heterocycles. The molecule has 2 saturated heterocycles. The van der Waals surface area contributed by atoms with Crippen molar-refractivity contribution in [1.82, 2.24) is 5.32 Å². The minimum atomic E-state index is 0.874. The van der Waals surface area contributed by atoms with Crippen molar-refractivity contribution in [2.24, 2.45) is 11.8 Å². The first kappa shape index (κ1) is 10.4. The van der Waals surface area contributed by atoms with Gasteiger partial charge in [-0.2, -0.15) is 0 Å². The van der Waals surface area contributed by atoms with E-state index in [1.165, 1.54) is 51.6 Å². The fourth-order valence-electron chi connectivity index (χ4n) is 2.68. The molecule has 0 radical (unpaired) electrons. The summed E-state index contributed by atoms with van der Waals surface area (Å²) in [5.74, 6) is 1.87. The highest BCUT2D eigenvalue weighted by molar-refractivity contribution is 4.71. The van der Waals surface area contributed by atoms with Crippen LogP contribution < -0.4 is 5.32 Å². The van der Waals surface area contributed by atoms with Crippen LogP contribution in [-0.2, 0) is 4.74 Å². The second-order valence-corrected chi connectivity index (χ2v) is 4.85. The van der Waals surface area contributed by atoms with Gasteiger partial charge in [0.1, 0.15) is 0 Å². The van der Waals surface area contributed by atoms with Crippen LogP contribution in [0.3, 0.4) is 0 Å². The van der Waals surface area contributed by atoms with Crippen molar-refractivity contribution in [3.63, 3.8) is 0 Å². The van der Waals surface area contributed by atoms with Crippen molar-refractivity contribution in [3.8, 4) is 0 Å². The molecule has 1 unspecified atom stereocenters. The van der Waals surface area contributed by atoms with Crippen LogP contribution in [0.25, 0.3) is 0 Å². The molecule has 82 valence electrons. The molecule has 2 nitrogen and oxygen atoms in total. The van der Waals surface area contributed by atoms with Crippen molar-refractivity contribution in [2.45, 2.75) is 38.5 Å². The van der Waals surface area contributed by atoms with E-state index in [-0.39, 0.29) is 0 Å². The summed E-state index contributed by atoms with van der Waals surface area (Å²) in [7, 11) is 0. The Morgan fingerprint density at radius 2 is 1.79 bits per heavy atom. The van der Waals surface area contributed by atoms with Crippen molar-refractivity contribution in [3.05, 3.63) is 0 Å². The molecule has 0 aliphatic carbocycles. The zero-order valence-corrected chi connectivity index (χ0v) is 9.13. The molecular formula is C12H23NO. The van der Waals surface area contributed by atoms with Crippen LogP contribution in [-0.4, -0.2) is 26.3 Å². The summed E-state index contributed by atoms with van der Waals surface area (Å²) in [6.07, 6.45) is 8.34. The Labute approximate surface area is 87.4 Å². The van der Waals surface area contributed by atoms with Gasteiger partial charge < -0.3 is 10.1 Å². The van der Waals surface area contributed by atoms with Crippen molar-refractivity contribution >= 4 is 0 Å². The molecule has 0 aromatic rings. The van der Waals surface area contributed by atoms with E-state index in [1.54, 1.807) is 0 Å². The molecule has 0 saturated carbocycles. The zero-order chi connectivity index (χ0) is 9.64. The summed E-state index contributed by atoms with van der Waals surface area (Å²) in [5.41, 5.74) is 0. The molecule has 2 aliphatic heterocycles. The number of ether oxygens (including phenoxy) is 1. The molecule has 2 heterocycles. The quantitative estimate of drug-likeness (QED) is 0.749. The maximum atomic E-state index is 5.51. The summed E-state index contributed by atoms with van der Waals surface area (Å²) < 4.78 is 5.51. The van der Waals surface area contributed by atoms with Crippen LogP contribution in [0.15, 0.2) is 0 Å². The lowest BCUT2D eigenvalue weighted by Gasteiger charge is -2.26. The smallest absolute Gasteiger partial charge is 0.0494 e. The van der Waals surface area contributed by atoms with Gasteiger partial charge in [-0.05, 0) is 57.0 Å². The summed E-state index contributed by atoms with van der Waals surface area (Å²) in [5, 5.41) is 3.43. The summed E-state index contributed by atoms with van der Waals surface area (Å²) in [6, 6.07) is 0. The first-order chi connectivity index (χ1) is 6.95. The number of nitrogens with one attached hydrogen (secondary N) is 1. The fourth-order valence-corrected chi connectivity index (χ4v) is 2.68.